The van der Waals surface area contributed by atoms with Gasteiger partial charge in [-0.05, 0) is 69.1 Å². The maximum Gasteiger partial charge on any atom is 0.219 e. The van der Waals surface area contributed by atoms with Crippen LogP contribution in [0.2, 0.25) is 5.02 Å². The molecule has 0 bridgehead atoms. The number of amides is 1. The first kappa shape index (κ1) is 22.2. The molecule has 1 aliphatic rings. The second kappa shape index (κ2) is 9.93. The van der Waals surface area contributed by atoms with E-state index in [2.05, 4.69) is 44.7 Å². The van der Waals surface area contributed by atoms with Crippen LogP contribution < -0.4 is 0 Å². The van der Waals surface area contributed by atoms with Crippen LogP contribution in [0.1, 0.15) is 78.2 Å². The van der Waals surface area contributed by atoms with Gasteiger partial charge in [0, 0.05) is 31.1 Å². The Morgan fingerprint density at radius 2 is 1.89 bits per heavy atom. The lowest BCUT2D eigenvalue weighted by atomic mass is 9.87. The molecule has 1 aliphatic heterocycles. The Bertz CT molecular complexity index is 597. The van der Waals surface area contributed by atoms with Gasteiger partial charge in [0.05, 0.1) is 5.60 Å². The van der Waals surface area contributed by atoms with E-state index in [-0.39, 0.29) is 17.6 Å². The Hall–Kier alpha value is -1.06. The third kappa shape index (κ3) is 7.12. The summed E-state index contributed by atoms with van der Waals surface area (Å²) in [6, 6.07) is 8.51. The standard InChI is InChI=1S/C23H36ClNO2/c1-17(2)6-7-20(19-8-10-21(24)11-9-19)12-14-25(18(3)26)22-13-15-27-23(4,5)16-22/h8-11,17,20,22H,6-7,12-16H2,1-5H3/t20-,22-/m1/s1. The Morgan fingerprint density at radius 3 is 2.44 bits per heavy atom. The number of rotatable bonds is 8. The van der Waals surface area contributed by atoms with Crippen molar-refractivity contribution in [3.63, 3.8) is 0 Å². The number of hydrogen-bond donors (Lipinski definition) is 0. The minimum atomic E-state index is -0.149. The lowest BCUT2D eigenvalue weighted by Crippen LogP contribution is -2.48. The highest BCUT2D eigenvalue weighted by molar-refractivity contribution is 6.30. The molecule has 0 aromatic heterocycles. The number of nitrogens with zero attached hydrogens (tertiary/aromatic N) is 1. The third-order valence-corrected chi connectivity index (χ3v) is 5.92. The van der Waals surface area contributed by atoms with E-state index in [1.165, 1.54) is 12.0 Å². The van der Waals surface area contributed by atoms with Gasteiger partial charge in [0.1, 0.15) is 0 Å². The molecular weight excluding hydrogens is 358 g/mol. The van der Waals surface area contributed by atoms with Crippen LogP contribution in [-0.4, -0.2) is 35.6 Å². The van der Waals surface area contributed by atoms with Crippen LogP contribution in [0.3, 0.4) is 0 Å². The van der Waals surface area contributed by atoms with Crippen LogP contribution in [0.4, 0.5) is 0 Å². The predicted molar refractivity (Wildman–Crippen MR) is 113 cm³/mol. The van der Waals surface area contributed by atoms with Crippen molar-refractivity contribution in [2.75, 3.05) is 13.2 Å². The van der Waals surface area contributed by atoms with Crippen molar-refractivity contribution in [2.24, 2.45) is 5.92 Å². The van der Waals surface area contributed by atoms with Gasteiger partial charge in [-0.3, -0.25) is 4.79 Å². The van der Waals surface area contributed by atoms with E-state index < -0.39 is 0 Å². The van der Waals surface area contributed by atoms with E-state index >= 15 is 0 Å². The number of hydrogen-bond acceptors (Lipinski definition) is 2. The topological polar surface area (TPSA) is 29.5 Å². The van der Waals surface area contributed by atoms with E-state index in [0.717, 1.165) is 43.9 Å². The van der Waals surface area contributed by atoms with Crippen molar-refractivity contribution in [2.45, 2.75) is 84.3 Å². The molecule has 0 radical (unpaired) electrons. The number of benzene rings is 1. The molecule has 2 rings (SSSR count). The van der Waals surface area contributed by atoms with E-state index in [1.807, 2.05) is 12.1 Å². The highest BCUT2D eigenvalue weighted by Gasteiger charge is 2.33. The lowest BCUT2D eigenvalue weighted by molar-refractivity contribution is -0.138. The summed E-state index contributed by atoms with van der Waals surface area (Å²) >= 11 is 6.08. The van der Waals surface area contributed by atoms with Gasteiger partial charge in [-0.25, -0.2) is 0 Å². The zero-order valence-corrected chi connectivity index (χ0v) is 18.4. The molecular formula is C23H36ClNO2. The molecule has 0 spiro atoms. The molecule has 0 saturated carbocycles. The Balaban J connectivity index is 2.07. The Labute approximate surface area is 170 Å². The molecule has 1 aromatic rings. The SMILES string of the molecule is CC(=O)N(CC[C@@H](CCC(C)C)c1ccc(Cl)cc1)[C@@H]1CCOC(C)(C)C1. The van der Waals surface area contributed by atoms with Gasteiger partial charge >= 0.3 is 0 Å². The second-order valence-corrected chi connectivity index (χ2v) is 9.41. The smallest absolute Gasteiger partial charge is 0.219 e. The van der Waals surface area contributed by atoms with E-state index in [9.17, 15) is 4.79 Å². The van der Waals surface area contributed by atoms with E-state index in [1.54, 1.807) is 6.92 Å². The second-order valence-electron chi connectivity index (χ2n) is 8.98. The van der Waals surface area contributed by atoms with Crippen LogP contribution in [-0.2, 0) is 9.53 Å². The first-order valence-electron chi connectivity index (χ1n) is 10.3. The molecule has 1 amide bonds. The minimum absolute atomic E-state index is 0.149. The van der Waals surface area contributed by atoms with Gasteiger partial charge in [-0.15, -0.1) is 0 Å². The van der Waals surface area contributed by atoms with E-state index in [0.29, 0.717) is 11.8 Å². The van der Waals surface area contributed by atoms with Crippen molar-refractivity contribution in [1.29, 1.82) is 0 Å². The first-order valence-corrected chi connectivity index (χ1v) is 10.7. The molecule has 3 nitrogen and oxygen atoms in total. The molecule has 0 aliphatic carbocycles. The number of halogens is 1. The molecule has 0 N–H and O–H groups in total. The normalized spacial score (nSPS) is 20.5. The van der Waals surface area contributed by atoms with Gasteiger partial charge < -0.3 is 9.64 Å². The molecule has 0 unspecified atom stereocenters. The Kier molecular flexibility index (Phi) is 8.18. The molecule has 27 heavy (non-hydrogen) atoms. The Morgan fingerprint density at radius 1 is 1.22 bits per heavy atom. The van der Waals surface area contributed by atoms with Crippen molar-refractivity contribution < 1.29 is 9.53 Å². The quantitative estimate of drug-likeness (QED) is 0.537. The molecule has 2 atom stereocenters. The lowest BCUT2D eigenvalue weighted by Gasteiger charge is -2.41. The van der Waals surface area contributed by atoms with Crippen molar-refractivity contribution >= 4 is 17.5 Å². The van der Waals surface area contributed by atoms with Gasteiger partial charge in [-0.2, -0.15) is 0 Å². The molecule has 4 heteroatoms. The van der Waals surface area contributed by atoms with Crippen LogP contribution in [0.5, 0.6) is 0 Å². The first-order chi connectivity index (χ1) is 12.7. The molecule has 1 saturated heterocycles. The number of ether oxygens (including phenoxy) is 1. The zero-order chi connectivity index (χ0) is 20.0. The van der Waals surface area contributed by atoms with Crippen molar-refractivity contribution in [1.82, 2.24) is 4.90 Å². The maximum atomic E-state index is 12.4. The summed E-state index contributed by atoms with van der Waals surface area (Å²) in [6.07, 6.45) is 5.17. The number of carbonyl (C=O) groups is 1. The average Bonchev–Trinajstić information content (AvgIpc) is 2.57. The molecule has 1 aromatic carbocycles. The average molecular weight is 394 g/mol. The molecule has 152 valence electrons. The highest BCUT2D eigenvalue weighted by Crippen LogP contribution is 2.31. The van der Waals surface area contributed by atoms with Gasteiger partial charge in [-0.1, -0.05) is 44.0 Å². The maximum absolute atomic E-state index is 12.4. The summed E-state index contributed by atoms with van der Waals surface area (Å²) < 4.78 is 5.85. The minimum Gasteiger partial charge on any atom is -0.375 e. The highest BCUT2D eigenvalue weighted by atomic mass is 35.5. The van der Waals surface area contributed by atoms with Crippen LogP contribution in [0, 0.1) is 5.92 Å². The van der Waals surface area contributed by atoms with Crippen molar-refractivity contribution in [3.8, 4) is 0 Å². The summed E-state index contributed by atoms with van der Waals surface area (Å²) in [4.78, 5) is 14.5. The van der Waals surface area contributed by atoms with E-state index in [4.69, 9.17) is 16.3 Å². The van der Waals surface area contributed by atoms with Crippen molar-refractivity contribution in [3.05, 3.63) is 34.9 Å². The van der Waals surface area contributed by atoms with Crippen LogP contribution in [0.15, 0.2) is 24.3 Å². The zero-order valence-electron chi connectivity index (χ0n) is 17.6. The fraction of sp³-hybridized carbons (Fsp3) is 0.696. The van der Waals surface area contributed by atoms with Gasteiger partial charge in [0.15, 0.2) is 0 Å². The van der Waals surface area contributed by atoms with Gasteiger partial charge in [0.25, 0.3) is 0 Å². The van der Waals surface area contributed by atoms with Gasteiger partial charge in [0.2, 0.25) is 5.91 Å². The van der Waals surface area contributed by atoms with Crippen LogP contribution >= 0.6 is 11.6 Å². The summed E-state index contributed by atoms with van der Waals surface area (Å²) in [7, 11) is 0. The summed E-state index contributed by atoms with van der Waals surface area (Å²) in [5.41, 5.74) is 1.18. The van der Waals surface area contributed by atoms with Crippen LogP contribution in [0.25, 0.3) is 0 Å². The summed E-state index contributed by atoms with van der Waals surface area (Å²) in [5.74, 6) is 1.32. The summed E-state index contributed by atoms with van der Waals surface area (Å²) in [6.45, 7) is 12.0. The fourth-order valence-electron chi connectivity index (χ4n) is 4.10. The summed E-state index contributed by atoms with van der Waals surface area (Å²) in [5, 5.41) is 0.774. The largest absolute Gasteiger partial charge is 0.375 e. The predicted octanol–water partition coefficient (Wildman–Crippen LogP) is 6.06. The molecule has 1 fully saturated rings. The molecule has 1 heterocycles. The number of carbonyl (C=O) groups excluding carboxylic acids is 1. The fourth-order valence-corrected chi connectivity index (χ4v) is 4.23. The monoisotopic (exact) mass is 393 g/mol. The third-order valence-electron chi connectivity index (χ3n) is 5.67.